The Morgan fingerprint density at radius 1 is 1.57 bits per heavy atom. The Kier molecular flexibility index (Phi) is 7.58. The Hall–Kier alpha value is 0.190. The van der Waals surface area contributed by atoms with E-state index in [0.29, 0.717) is 17.8 Å². The van der Waals surface area contributed by atoms with Crippen LogP contribution in [0.15, 0.2) is 21.2 Å². The van der Waals surface area contributed by atoms with Gasteiger partial charge in [-0.25, -0.2) is 0 Å². The monoisotopic (exact) mass is 269 g/mol. The number of hydrogen-bond acceptors (Lipinski definition) is 4. The van der Waals surface area contributed by atoms with E-state index >= 15 is 0 Å². The number of furan rings is 1. The largest absolute Gasteiger partial charge is 1.00 e. The van der Waals surface area contributed by atoms with E-state index in [9.17, 15) is 9.90 Å². The third-order valence-corrected chi connectivity index (χ3v) is 1.86. The molecule has 0 fully saturated rings. The minimum atomic E-state index is -1.05. The van der Waals surface area contributed by atoms with E-state index < -0.39 is 5.97 Å². The summed E-state index contributed by atoms with van der Waals surface area (Å²) in [6.07, 6.45) is 0.0158. The first-order valence-electron chi connectivity index (χ1n) is 3.83. The first kappa shape index (κ1) is 14.2. The van der Waals surface area contributed by atoms with Gasteiger partial charge in [0.15, 0.2) is 4.67 Å². The summed E-state index contributed by atoms with van der Waals surface area (Å²) in [7, 11) is 0. The summed E-state index contributed by atoms with van der Waals surface area (Å²) in [6.45, 7) is 0.916. The molecule has 1 N–H and O–H groups in total. The summed E-state index contributed by atoms with van der Waals surface area (Å²) in [6, 6.07) is 3.60. The number of carbonyl (C=O) groups is 1. The second-order valence-electron chi connectivity index (χ2n) is 2.50. The topological polar surface area (TPSA) is 65.3 Å². The van der Waals surface area contributed by atoms with E-state index in [0.717, 1.165) is 5.76 Å². The molecule has 1 heterocycles. The van der Waals surface area contributed by atoms with Gasteiger partial charge in [0.2, 0.25) is 0 Å². The van der Waals surface area contributed by atoms with E-state index in [2.05, 4.69) is 21.2 Å². The average Bonchev–Trinajstić information content (AvgIpc) is 2.45. The number of carboxylic acids is 1. The van der Waals surface area contributed by atoms with Crippen molar-refractivity contribution in [3.05, 3.63) is 22.6 Å². The van der Waals surface area contributed by atoms with Gasteiger partial charge < -0.3 is 19.6 Å². The van der Waals surface area contributed by atoms with Gasteiger partial charge >= 0.3 is 29.6 Å². The van der Waals surface area contributed by atoms with Crippen LogP contribution in [0.5, 0.6) is 0 Å². The van der Waals surface area contributed by atoms with Crippen molar-refractivity contribution in [1.82, 2.24) is 5.32 Å². The summed E-state index contributed by atoms with van der Waals surface area (Å²) in [5.41, 5.74) is 0. The van der Waals surface area contributed by atoms with Crippen LogP contribution >= 0.6 is 15.9 Å². The zero-order valence-electron chi connectivity index (χ0n) is 7.88. The second-order valence-corrected chi connectivity index (χ2v) is 3.29. The van der Waals surface area contributed by atoms with Crippen LogP contribution in [0.1, 0.15) is 12.2 Å². The second kappa shape index (κ2) is 7.48. The van der Waals surface area contributed by atoms with Crippen LogP contribution < -0.4 is 40.0 Å². The first-order chi connectivity index (χ1) is 6.18. The molecule has 14 heavy (non-hydrogen) atoms. The van der Waals surface area contributed by atoms with Crippen molar-refractivity contribution < 1.29 is 43.9 Å². The molecular weight excluding hydrogens is 261 g/mol. The standard InChI is InChI=1S/C8H10BrNO3.Na/c9-7-2-1-6(13-7)5-10-4-3-8(11)12;/h1-2,10H,3-5H2,(H,11,12);/q;+1/p-1. The van der Waals surface area contributed by atoms with Gasteiger partial charge in [0.25, 0.3) is 0 Å². The van der Waals surface area contributed by atoms with Crippen molar-refractivity contribution in [2.45, 2.75) is 13.0 Å². The normalized spacial score (nSPS) is 9.50. The molecule has 0 radical (unpaired) electrons. The van der Waals surface area contributed by atoms with Crippen molar-refractivity contribution in [1.29, 1.82) is 0 Å². The zero-order chi connectivity index (χ0) is 9.68. The SMILES string of the molecule is O=C([O-])CCNCc1ccc(Br)o1.[Na+]. The molecule has 4 nitrogen and oxygen atoms in total. The van der Waals surface area contributed by atoms with E-state index in [4.69, 9.17) is 4.42 Å². The third kappa shape index (κ3) is 5.82. The smallest absolute Gasteiger partial charge is 0.550 e. The molecule has 0 aliphatic rings. The molecule has 0 saturated heterocycles. The maximum atomic E-state index is 10.0. The third-order valence-electron chi connectivity index (χ3n) is 1.43. The minimum absolute atomic E-state index is 0. The zero-order valence-corrected chi connectivity index (χ0v) is 11.5. The Balaban J connectivity index is 0.00000169. The van der Waals surface area contributed by atoms with Crippen molar-refractivity contribution in [3.8, 4) is 0 Å². The number of nitrogens with one attached hydrogen (secondary N) is 1. The van der Waals surface area contributed by atoms with Crippen LogP contribution in [0.3, 0.4) is 0 Å². The molecule has 0 aromatic carbocycles. The van der Waals surface area contributed by atoms with Crippen molar-refractivity contribution in [2.75, 3.05) is 6.54 Å². The van der Waals surface area contributed by atoms with Gasteiger partial charge in [0, 0.05) is 12.5 Å². The van der Waals surface area contributed by atoms with Gasteiger partial charge in [-0.15, -0.1) is 0 Å². The van der Waals surface area contributed by atoms with Crippen LogP contribution in [0.25, 0.3) is 0 Å². The number of halogens is 1. The summed E-state index contributed by atoms with van der Waals surface area (Å²) in [5.74, 6) is -0.279. The number of carboxylic acid groups (broad SMARTS) is 1. The molecule has 1 aromatic heterocycles. The summed E-state index contributed by atoms with van der Waals surface area (Å²) in [4.78, 5) is 10.0. The van der Waals surface area contributed by atoms with Gasteiger partial charge in [-0.3, -0.25) is 0 Å². The van der Waals surface area contributed by atoms with Gasteiger partial charge in [-0.1, -0.05) is 0 Å². The predicted octanol–water partition coefficient (Wildman–Crippen LogP) is -2.72. The maximum absolute atomic E-state index is 10.0. The molecule has 0 unspecified atom stereocenters. The van der Waals surface area contributed by atoms with Crippen LogP contribution in [-0.2, 0) is 11.3 Å². The van der Waals surface area contributed by atoms with E-state index in [1.165, 1.54) is 0 Å². The summed E-state index contributed by atoms with van der Waals surface area (Å²) < 4.78 is 5.85. The Labute approximate surface area is 112 Å². The average molecular weight is 270 g/mol. The molecule has 1 rings (SSSR count). The van der Waals surface area contributed by atoms with Gasteiger partial charge in [-0.05, 0) is 34.5 Å². The molecule has 0 amide bonds. The van der Waals surface area contributed by atoms with Gasteiger partial charge in [0.1, 0.15) is 5.76 Å². The van der Waals surface area contributed by atoms with Crippen LogP contribution in [0.2, 0.25) is 0 Å². The summed E-state index contributed by atoms with van der Waals surface area (Å²) >= 11 is 3.17. The molecule has 1 aromatic rings. The molecule has 0 bridgehead atoms. The minimum Gasteiger partial charge on any atom is -0.550 e. The van der Waals surface area contributed by atoms with E-state index in [-0.39, 0.29) is 36.0 Å². The first-order valence-corrected chi connectivity index (χ1v) is 4.62. The van der Waals surface area contributed by atoms with Crippen molar-refractivity contribution in [2.24, 2.45) is 0 Å². The van der Waals surface area contributed by atoms with Crippen LogP contribution in [0.4, 0.5) is 0 Å². The van der Waals surface area contributed by atoms with E-state index in [1.807, 2.05) is 6.07 Å². The summed E-state index contributed by atoms with van der Waals surface area (Å²) in [5, 5.41) is 12.9. The number of rotatable bonds is 5. The Morgan fingerprint density at radius 3 is 2.79 bits per heavy atom. The molecule has 0 aliphatic heterocycles. The fraction of sp³-hybridized carbons (Fsp3) is 0.375. The number of hydrogen-bond donors (Lipinski definition) is 1. The maximum Gasteiger partial charge on any atom is 1.00 e. The van der Waals surface area contributed by atoms with E-state index in [1.54, 1.807) is 6.07 Å². The molecule has 0 aliphatic carbocycles. The number of aliphatic carboxylic acids is 1. The number of carbonyl (C=O) groups excluding carboxylic acids is 1. The molecule has 0 spiro atoms. The molecule has 0 saturated carbocycles. The quantitative estimate of drug-likeness (QED) is 0.466. The van der Waals surface area contributed by atoms with Crippen molar-refractivity contribution >= 4 is 21.9 Å². The fourth-order valence-corrected chi connectivity index (χ4v) is 1.19. The predicted molar refractivity (Wildman–Crippen MR) is 47.7 cm³/mol. The fourth-order valence-electron chi connectivity index (χ4n) is 0.849. The van der Waals surface area contributed by atoms with Crippen LogP contribution in [-0.4, -0.2) is 12.5 Å². The molecule has 0 atom stereocenters. The van der Waals surface area contributed by atoms with Gasteiger partial charge in [-0.2, -0.15) is 0 Å². The van der Waals surface area contributed by atoms with Gasteiger partial charge in [0.05, 0.1) is 6.54 Å². The molecule has 72 valence electrons. The molecular formula is C8H9BrNNaO3. The Bertz CT molecular complexity index is 290. The Morgan fingerprint density at radius 2 is 2.29 bits per heavy atom. The molecule has 6 heteroatoms. The van der Waals surface area contributed by atoms with Crippen LogP contribution in [0, 0.1) is 0 Å². The van der Waals surface area contributed by atoms with Crippen molar-refractivity contribution in [3.63, 3.8) is 0 Å².